The zero-order valence-corrected chi connectivity index (χ0v) is 13.1. The second-order valence-corrected chi connectivity index (χ2v) is 7.09. The van der Waals surface area contributed by atoms with Gasteiger partial charge in [0.1, 0.15) is 25.3 Å². The number of hydrogen-bond acceptors (Lipinski definition) is 2. The van der Waals surface area contributed by atoms with Crippen LogP contribution >= 0.6 is 34.8 Å². The summed E-state index contributed by atoms with van der Waals surface area (Å²) in [5.41, 5.74) is 0. The van der Waals surface area contributed by atoms with Crippen LogP contribution in [0, 0.1) is 0 Å². The maximum absolute atomic E-state index is 11.5. The van der Waals surface area contributed by atoms with Crippen LogP contribution in [0.15, 0.2) is 0 Å². The van der Waals surface area contributed by atoms with Crippen LogP contribution < -0.4 is 10.2 Å². The summed E-state index contributed by atoms with van der Waals surface area (Å²) in [4.78, 5) is 12.6. The molecule has 4 nitrogen and oxygen atoms in total. The van der Waals surface area contributed by atoms with Crippen molar-refractivity contribution >= 4 is 40.7 Å². The summed E-state index contributed by atoms with van der Waals surface area (Å²) in [7, 11) is 0. The minimum atomic E-state index is -1.53. The minimum absolute atomic E-state index is 0.0807. The molecule has 106 valence electrons. The molecule has 0 aromatic carbocycles. The van der Waals surface area contributed by atoms with E-state index >= 15 is 0 Å². The summed E-state index contributed by atoms with van der Waals surface area (Å²) in [6.45, 7) is 7.13. The van der Waals surface area contributed by atoms with Crippen molar-refractivity contribution in [3.8, 4) is 0 Å². The highest BCUT2D eigenvalue weighted by Crippen LogP contribution is 2.28. The molecule has 1 aliphatic rings. The minimum Gasteiger partial charge on any atom is -0.364 e. The lowest BCUT2D eigenvalue weighted by atomic mass is 10.2. The molecule has 0 radical (unpaired) electrons. The Bertz CT molecular complexity index is 287. The molecule has 1 saturated heterocycles. The Balaban J connectivity index is 2.79. The van der Waals surface area contributed by atoms with Gasteiger partial charge in [0.25, 0.3) is 3.79 Å². The van der Waals surface area contributed by atoms with E-state index in [-0.39, 0.29) is 18.1 Å². The average molecular weight is 319 g/mol. The summed E-state index contributed by atoms with van der Waals surface area (Å²) in [6.07, 6.45) is -0.0235. The van der Waals surface area contributed by atoms with Crippen LogP contribution in [0.2, 0.25) is 0 Å². The first-order chi connectivity index (χ1) is 8.24. The summed E-state index contributed by atoms with van der Waals surface area (Å²) in [6, 6.07) is 0. The number of quaternary nitrogens is 1. The van der Waals surface area contributed by atoms with Crippen molar-refractivity contribution in [3.63, 3.8) is 0 Å². The van der Waals surface area contributed by atoms with Gasteiger partial charge in [-0.25, -0.2) is 0 Å². The van der Waals surface area contributed by atoms with E-state index in [0.717, 1.165) is 4.90 Å². The highest BCUT2D eigenvalue weighted by molar-refractivity contribution is 6.68. The molecule has 0 saturated carbocycles. The zero-order chi connectivity index (χ0) is 13.9. The van der Waals surface area contributed by atoms with Gasteiger partial charge in [-0.3, -0.25) is 4.79 Å². The molecular weight excluding hydrogens is 298 g/mol. The van der Waals surface area contributed by atoms with Crippen LogP contribution in [0.4, 0.5) is 0 Å². The van der Waals surface area contributed by atoms with Gasteiger partial charge < -0.3 is 15.0 Å². The highest BCUT2D eigenvalue weighted by Gasteiger charge is 2.44. The maximum Gasteiger partial charge on any atom is 0.262 e. The van der Waals surface area contributed by atoms with Crippen molar-refractivity contribution in [2.75, 3.05) is 13.1 Å². The molecule has 0 spiro atoms. The van der Waals surface area contributed by atoms with E-state index in [0.29, 0.717) is 19.5 Å². The summed E-state index contributed by atoms with van der Waals surface area (Å²) in [5.74, 6) is -0.120. The standard InChI is InChI=1S/C11H19Cl3N2O2/c1-4-9(17)15-10(11(12,13)14)16-5-7(2)18-8(3)6-16/h7-8,10H,4-6H2,1-3H3,(H,15,17)/p+1/t7-,8-,10+/m1/s1. The molecule has 0 aromatic heterocycles. The number of carbonyl (C=O) groups excluding carboxylic acids is 1. The van der Waals surface area contributed by atoms with Crippen molar-refractivity contribution < 1.29 is 14.4 Å². The number of ether oxygens (including phenoxy) is 1. The summed E-state index contributed by atoms with van der Waals surface area (Å²) in [5, 5.41) is 2.79. The van der Waals surface area contributed by atoms with E-state index in [2.05, 4.69) is 5.32 Å². The van der Waals surface area contributed by atoms with Crippen molar-refractivity contribution in [2.45, 2.75) is 49.4 Å². The molecule has 1 fully saturated rings. The molecule has 1 aliphatic heterocycles. The number of hydrogen-bond donors (Lipinski definition) is 2. The fourth-order valence-corrected chi connectivity index (χ4v) is 2.86. The number of carbonyl (C=O) groups is 1. The first-order valence-corrected chi connectivity index (χ1v) is 7.23. The van der Waals surface area contributed by atoms with Crippen LogP contribution in [0.5, 0.6) is 0 Å². The predicted molar refractivity (Wildman–Crippen MR) is 73.2 cm³/mol. The second-order valence-electron chi connectivity index (χ2n) is 4.72. The number of rotatable bonds is 3. The van der Waals surface area contributed by atoms with Crippen LogP contribution in [0.1, 0.15) is 27.2 Å². The lowest BCUT2D eigenvalue weighted by Gasteiger charge is -2.39. The fraction of sp³-hybridized carbons (Fsp3) is 0.909. The van der Waals surface area contributed by atoms with Crippen LogP contribution in [-0.2, 0) is 9.53 Å². The summed E-state index contributed by atoms with van der Waals surface area (Å²) < 4.78 is 4.12. The van der Waals surface area contributed by atoms with Gasteiger partial charge in [-0.05, 0) is 13.8 Å². The molecule has 0 bridgehead atoms. The lowest BCUT2D eigenvalue weighted by molar-refractivity contribution is -0.941. The molecule has 3 atom stereocenters. The third-order valence-corrected chi connectivity index (χ3v) is 3.58. The molecule has 2 N–H and O–H groups in total. The van der Waals surface area contributed by atoms with Gasteiger partial charge in [0.15, 0.2) is 0 Å². The Hall–Kier alpha value is 0.260. The summed E-state index contributed by atoms with van der Waals surface area (Å²) >= 11 is 18.0. The molecule has 1 rings (SSSR count). The molecule has 0 aliphatic carbocycles. The Morgan fingerprint density at radius 3 is 2.28 bits per heavy atom. The number of morpholine rings is 1. The second kappa shape index (κ2) is 6.62. The Morgan fingerprint density at radius 2 is 1.89 bits per heavy atom. The number of halogens is 3. The number of alkyl halides is 3. The smallest absolute Gasteiger partial charge is 0.262 e. The molecule has 0 unspecified atom stereocenters. The molecular formula is C11H20Cl3N2O2+. The number of amides is 1. The SMILES string of the molecule is CCC(=O)N[C@@H]([NH+]1C[C@@H](C)O[C@H](C)C1)C(Cl)(Cl)Cl. The molecule has 7 heteroatoms. The molecule has 1 amide bonds. The van der Waals surface area contributed by atoms with Gasteiger partial charge in [-0.1, -0.05) is 41.7 Å². The largest absolute Gasteiger partial charge is 0.364 e. The normalized spacial score (nSPS) is 30.9. The number of nitrogens with one attached hydrogen (secondary N) is 2. The third-order valence-electron chi connectivity index (χ3n) is 2.93. The van der Waals surface area contributed by atoms with Gasteiger partial charge in [0.2, 0.25) is 12.1 Å². The highest BCUT2D eigenvalue weighted by atomic mass is 35.6. The van der Waals surface area contributed by atoms with E-state index in [1.807, 2.05) is 13.8 Å². The average Bonchev–Trinajstić information content (AvgIpc) is 2.22. The van der Waals surface area contributed by atoms with Crippen molar-refractivity contribution in [3.05, 3.63) is 0 Å². The van der Waals surface area contributed by atoms with Crippen molar-refractivity contribution in [1.82, 2.24) is 5.32 Å². The van der Waals surface area contributed by atoms with Crippen LogP contribution in [0.25, 0.3) is 0 Å². The van der Waals surface area contributed by atoms with E-state index in [9.17, 15) is 4.79 Å². The molecule has 1 heterocycles. The lowest BCUT2D eigenvalue weighted by Crippen LogP contribution is -3.22. The van der Waals surface area contributed by atoms with Crippen molar-refractivity contribution in [2.24, 2.45) is 0 Å². The Kier molecular flexibility index (Phi) is 6.00. The van der Waals surface area contributed by atoms with Crippen LogP contribution in [-0.4, -0.2) is 41.2 Å². The monoisotopic (exact) mass is 317 g/mol. The van der Waals surface area contributed by atoms with E-state index < -0.39 is 9.96 Å². The van der Waals surface area contributed by atoms with E-state index in [1.165, 1.54) is 0 Å². The van der Waals surface area contributed by atoms with E-state index in [1.54, 1.807) is 6.92 Å². The first-order valence-electron chi connectivity index (χ1n) is 6.10. The third kappa shape index (κ3) is 4.74. The van der Waals surface area contributed by atoms with Gasteiger partial charge in [-0.2, -0.15) is 0 Å². The predicted octanol–water partition coefficient (Wildman–Crippen LogP) is 0.901. The topological polar surface area (TPSA) is 42.8 Å². The Morgan fingerprint density at radius 1 is 1.39 bits per heavy atom. The van der Waals surface area contributed by atoms with E-state index in [4.69, 9.17) is 39.5 Å². The molecule has 0 aromatic rings. The fourth-order valence-electron chi connectivity index (χ4n) is 2.23. The molecule has 18 heavy (non-hydrogen) atoms. The quantitative estimate of drug-likeness (QED) is 0.759. The van der Waals surface area contributed by atoms with Gasteiger partial charge >= 0.3 is 0 Å². The van der Waals surface area contributed by atoms with Gasteiger partial charge in [0.05, 0.1) is 0 Å². The van der Waals surface area contributed by atoms with Crippen LogP contribution in [0.3, 0.4) is 0 Å². The Labute approximate surface area is 123 Å². The van der Waals surface area contributed by atoms with Gasteiger partial charge in [-0.15, -0.1) is 0 Å². The first kappa shape index (κ1) is 16.3. The van der Waals surface area contributed by atoms with Crippen molar-refractivity contribution in [1.29, 1.82) is 0 Å². The maximum atomic E-state index is 11.5. The zero-order valence-electron chi connectivity index (χ0n) is 10.8. The van der Waals surface area contributed by atoms with Gasteiger partial charge in [0, 0.05) is 6.42 Å².